The van der Waals surface area contributed by atoms with Crippen molar-refractivity contribution in [3.63, 3.8) is 0 Å². The lowest BCUT2D eigenvalue weighted by atomic mass is 10.1. The molecule has 0 saturated carbocycles. The molecule has 0 N–H and O–H groups in total. The maximum atomic E-state index is 12.8. The molecule has 8 heteroatoms. The van der Waals surface area contributed by atoms with Crippen LogP contribution in [0.15, 0.2) is 66.9 Å². The van der Waals surface area contributed by atoms with E-state index in [1.807, 2.05) is 71.5 Å². The number of benzene rings is 2. The molecule has 1 aliphatic heterocycles. The molecular formula is C25H27N5O3. The van der Waals surface area contributed by atoms with Gasteiger partial charge in [0.25, 0.3) is 0 Å². The van der Waals surface area contributed by atoms with Gasteiger partial charge in [-0.3, -0.25) is 14.5 Å². The topological polar surface area (TPSA) is 78.8 Å². The smallest absolute Gasteiger partial charge is 0.326 e. The molecule has 2 aromatic carbocycles. The summed E-state index contributed by atoms with van der Waals surface area (Å²) in [7, 11) is 3.36. The monoisotopic (exact) mass is 445 g/mol. The van der Waals surface area contributed by atoms with Crippen molar-refractivity contribution in [3.8, 4) is 16.9 Å². The number of aromatic nitrogens is 2. The molecule has 0 radical (unpaired) electrons. The Labute approximate surface area is 193 Å². The van der Waals surface area contributed by atoms with Crippen molar-refractivity contribution >= 4 is 17.8 Å². The molecule has 0 aliphatic carbocycles. The third-order valence-electron chi connectivity index (χ3n) is 5.69. The van der Waals surface area contributed by atoms with E-state index < -0.39 is 0 Å². The first-order valence-corrected chi connectivity index (χ1v) is 10.9. The maximum Gasteiger partial charge on any atom is 0.326 e. The zero-order valence-electron chi connectivity index (χ0n) is 18.8. The zero-order valence-corrected chi connectivity index (χ0v) is 18.8. The van der Waals surface area contributed by atoms with Crippen LogP contribution in [0.3, 0.4) is 0 Å². The lowest BCUT2D eigenvalue weighted by molar-refractivity contribution is -0.131. The molecule has 1 aliphatic rings. The van der Waals surface area contributed by atoms with E-state index in [1.54, 1.807) is 19.0 Å². The van der Waals surface area contributed by atoms with E-state index in [2.05, 4.69) is 0 Å². The minimum Gasteiger partial charge on any atom is -0.341 e. The first kappa shape index (κ1) is 22.3. The SMILES string of the molecule is CN(Cc1cn(-c2ccccc2)nc1-c1ccccc1)C(=O)CCCN1C(=O)CN(C)C1=O. The Bertz CT molecular complexity index is 1140. The fraction of sp³-hybridized carbons (Fsp3) is 0.280. The van der Waals surface area contributed by atoms with E-state index in [0.717, 1.165) is 22.5 Å². The Balaban J connectivity index is 1.45. The third kappa shape index (κ3) is 4.95. The largest absolute Gasteiger partial charge is 0.341 e. The van der Waals surface area contributed by atoms with Crippen molar-refractivity contribution in [2.45, 2.75) is 19.4 Å². The number of urea groups is 1. The Morgan fingerprint density at radius 3 is 2.33 bits per heavy atom. The number of amides is 4. The van der Waals surface area contributed by atoms with Crippen LogP contribution < -0.4 is 0 Å². The van der Waals surface area contributed by atoms with Crippen LogP contribution in [0.4, 0.5) is 4.79 Å². The predicted octanol–water partition coefficient (Wildman–Crippen LogP) is 3.17. The molecule has 170 valence electrons. The molecule has 0 unspecified atom stereocenters. The number of imide groups is 1. The number of rotatable bonds is 8. The van der Waals surface area contributed by atoms with E-state index in [-0.39, 0.29) is 37.4 Å². The van der Waals surface area contributed by atoms with Crippen LogP contribution in [0.2, 0.25) is 0 Å². The second kappa shape index (κ2) is 9.68. The van der Waals surface area contributed by atoms with Crippen LogP contribution in [0.5, 0.6) is 0 Å². The van der Waals surface area contributed by atoms with Gasteiger partial charge in [0, 0.05) is 50.9 Å². The first-order chi connectivity index (χ1) is 15.9. The summed E-state index contributed by atoms with van der Waals surface area (Å²) in [4.78, 5) is 40.9. The zero-order chi connectivity index (χ0) is 23.4. The number of hydrogen-bond acceptors (Lipinski definition) is 4. The summed E-state index contributed by atoms with van der Waals surface area (Å²) >= 11 is 0. The number of para-hydroxylation sites is 1. The summed E-state index contributed by atoms with van der Waals surface area (Å²) in [5, 5.41) is 4.79. The average Bonchev–Trinajstić information content (AvgIpc) is 3.35. The molecule has 2 heterocycles. The van der Waals surface area contributed by atoms with Crippen LogP contribution in [0.1, 0.15) is 18.4 Å². The van der Waals surface area contributed by atoms with Gasteiger partial charge < -0.3 is 9.80 Å². The Morgan fingerprint density at radius 1 is 1.03 bits per heavy atom. The van der Waals surface area contributed by atoms with Gasteiger partial charge >= 0.3 is 6.03 Å². The average molecular weight is 446 g/mol. The third-order valence-corrected chi connectivity index (χ3v) is 5.69. The second-order valence-electron chi connectivity index (χ2n) is 8.19. The normalized spacial score (nSPS) is 13.6. The predicted molar refractivity (Wildman–Crippen MR) is 124 cm³/mol. The Kier molecular flexibility index (Phi) is 6.53. The van der Waals surface area contributed by atoms with Gasteiger partial charge in [0.15, 0.2) is 0 Å². The highest BCUT2D eigenvalue weighted by atomic mass is 16.2. The van der Waals surface area contributed by atoms with Gasteiger partial charge in [0.1, 0.15) is 6.54 Å². The van der Waals surface area contributed by atoms with E-state index in [0.29, 0.717) is 13.0 Å². The fourth-order valence-electron chi connectivity index (χ4n) is 3.89. The summed E-state index contributed by atoms with van der Waals surface area (Å²) in [6.07, 6.45) is 2.65. The van der Waals surface area contributed by atoms with Crippen molar-refractivity contribution in [2.75, 3.05) is 27.2 Å². The van der Waals surface area contributed by atoms with Gasteiger partial charge in [-0.2, -0.15) is 5.10 Å². The number of carbonyl (C=O) groups is 3. The van der Waals surface area contributed by atoms with Crippen LogP contribution in [0.25, 0.3) is 16.9 Å². The molecule has 3 aromatic rings. The Hall–Kier alpha value is -3.94. The van der Waals surface area contributed by atoms with E-state index in [4.69, 9.17) is 5.10 Å². The summed E-state index contributed by atoms with van der Waals surface area (Å²) in [5.41, 5.74) is 3.70. The van der Waals surface area contributed by atoms with Crippen molar-refractivity contribution in [1.82, 2.24) is 24.5 Å². The molecule has 1 fully saturated rings. The molecule has 0 bridgehead atoms. The molecule has 4 amide bonds. The molecule has 1 aromatic heterocycles. The minimum atomic E-state index is -0.304. The van der Waals surface area contributed by atoms with Crippen LogP contribution >= 0.6 is 0 Å². The van der Waals surface area contributed by atoms with E-state index in [1.165, 1.54) is 9.80 Å². The highest BCUT2D eigenvalue weighted by molar-refractivity contribution is 6.01. The number of carbonyl (C=O) groups excluding carboxylic acids is 3. The fourth-order valence-corrected chi connectivity index (χ4v) is 3.89. The van der Waals surface area contributed by atoms with Crippen molar-refractivity contribution < 1.29 is 14.4 Å². The van der Waals surface area contributed by atoms with Gasteiger partial charge in [0.05, 0.1) is 11.4 Å². The van der Waals surface area contributed by atoms with Crippen LogP contribution in [0, 0.1) is 0 Å². The lowest BCUT2D eigenvalue weighted by Crippen LogP contribution is -2.33. The van der Waals surface area contributed by atoms with Gasteiger partial charge in [-0.25, -0.2) is 9.48 Å². The van der Waals surface area contributed by atoms with Gasteiger partial charge in [-0.05, 0) is 18.6 Å². The number of hydrogen-bond donors (Lipinski definition) is 0. The second-order valence-corrected chi connectivity index (χ2v) is 8.19. The summed E-state index contributed by atoms with van der Waals surface area (Å²) in [6.45, 7) is 0.753. The standard InChI is InChI=1S/C25H27N5O3/c1-27(22(31)14-9-15-29-23(32)18-28(2)25(29)33)16-20-17-30(21-12-7-4-8-13-21)26-24(20)19-10-5-3-6-11-19/h3-8,10-13,17H,9,14-16,18H2,1-2H3. The summed E-state index contributed by atoms with van der Waals surface area (Å²) < 4.78 is 1.83. The van der Waals surface area contributed by atoms with Crippen molar-refractivity contribution in [1.29, 1.82) is 0 Å². The van der Waals surface area contributed by atoms with E-state index >= 15 is 0 Å². The number of likely N-dealkylation sites (N-methyl/N-ethyl adjacent to an activating group) is 1. The van der Waals surface area contributed by atoms with Crippen LogP contribution in [-0.2, 0) is 16.1 Å². The van der Waals surface area contributed by atoms with E-state index in [9.17, 15) is 14.4 Å². The van der Waals surface area contributed by atoms with Crippen molar-refractivity contribution in [2.24, 2.45) is 0 Å². The van der Waals surface area contributed by atoms with Crippen molar-refractivity contribution in [3.05, 3.63) is 72.4 Å². The van der Waals surface area contributed by atoms with Crippen LogP contribution in [-0.4, -0.2) is 69.5 Å². The minimum absolute atomic E-state index is 0.0473. The molecule has 0 spiro atoms. The number of nitrogens with zero attached hydrogens (tertiary/aromatic N) is 5. The maximum absolute atomic E-state index is 12.8. The summed E-state index contributed by atoms with van der Waals surface area (Å²) in [6, 6.07) is 19.4. The molecule has 1 saturated heterocycles. The molecule has 0 atom stereocenters. The van der Waals surface area contributed by atoms with Gasteiger partial charge in [-0.15, -0.1) is 0 Å². The molecular weight excluding hydrogens is 418 g/mol. The molecule has 33 heavy (non-hydrogen) atoms. The quantitative estimate of drug-likeness (QED) is 0.499. The molecule has 8 nitrogen and oxygen atoms in total. The van der Waals surface area contributed by atoms with Gasteiger partial charge in [0.2, 0.25) is 11.8 Å². The first-order valence-electron chi connectivity index (χ1n) is 10.9. The summed E-state index contributed by atoms with van der Waals surface area (Å²) in [5.74, 6) is -0.266. The highest BCUT2D eigenvalue weighted by Gasteiger charge is 2.33. The lowest BCUT2D eigenvalue weighted by Gasteiger charge is -2.18. The van der Waals surface area contributed by atoms with Gasteiger partial charge in [-0.1, -0.05) is 48.5 Å². The molecule has 4 rings (SSSR count). The Morgan fingerprint density at radius 2 is 1.70 bits per heavy atom. The highest BCUT2D eigenvalue weighted by Crippen LogP contribution is 2.25.